The zero-order chi connectivity index (χ0) is 15.2. The fourth-order valence-corrected chi connectivity index (χ4v) is 3.03. The molecule has 0 radical (unpaired) electrons. The molecule has 0 aromatic heterocycles. The second kappa shape index (κ2) is 7.66. The summed E-state index contributed by atoms with van der Waals surface area (Å²) >= 11 is 0. The third kappa shape index (κ3) is 4.11. The predicted octanol–water partition coefficient (Wildman–Crippen LogP) is 2.70. The number of benzene rings is 1. The minimum atomic E-state index is 0.310. The van der Waals surface area contributed by atoms with E-state index in [1.807, 2.05) is 12.1 Å². The zero-order valence-electron chi connectivity index (χ0n) is 13.7. The maximum atomic E-state index is 5.51. The molecule has 1 N–H and O–H groups in total. The van der Waals surface area contributed by atoms with Crippen molar-refractivity contribution in [1.29, 1.82) is 0 Å². The van der Waals surface area contributed by atoms with Crippen LogP contribution >= 0.6 is 0 Å². The monoisotopic (exact) mass is 292 g/mol. The Morgan fingerprint density at radius 3 is 2.57 bits per heavy atom. The lowest BCUT2D eigenvalue weighted by atomic mass is 9.96. The van der Waals surface area contributed by atoms with Crippen molar-refractivity contribution in [2.45, 2.75) is 25.8 Å². The molecule has 1 fully saturated rings. The molecule has 1 heterocycles. The van der Waals surface area contributed by atoms with Crippen LogP contribution in [0.15, 0.2) is 18.2 Å². The van der Waals surface area contributed by atoms with E-state index < -0.39 is 0 Å². The summed E-state index contributed by atoms with van der Waals surface area (Å²) in [6.45, 7) is 5.66. The minimum absolute atomic E-state index is 0.310. The highest BCUT2D eigenvalue weighted by Gasteiger charge is 2.21. The number of piperidine rings is 1. The molecule has 1 unspecified atom stereocenters. The summed E-state index contributed by atoms with van der Waals surface area (Å²) < 4.78 is 10.9. The quantitative estimate of drug-likeness (QED) is 0.874. The van der Waals surface area contributed by atoms with Gasteiger partial charge in [0.15, 0.2) is 0 Å². The number of hydrogen-bond acceptors (Lipinski definition) is 4. The third-order valence-corrected chi connectivity index (χ3v) is 4.55. The number of nitrogens with zero attached hydrogens (tertiary/aromatic N) is 1. The van der Waals surface area contributed by atoms with E-state index >= 15 is 0 Å². The van der Waals surface area contributed by atoms with Crippen LogP contribution in [0.2, 0.25) is 0 Å². The van der Waals surface area contributed by atoms with Crippen molar-refractivity contribution in [1.82, 2.24) is 10.2 Å². The van der Waals surface area contributed by atoms with Gasteiger partial charge in [0, 0.05) is 18.2 Å². The van der Waals surface area contributed by atoms with Gasteiger partial charge in [0.25, 0.3) is 0 Å². The minimum Gasteiger partial charge on any atom is -0.497 e. The normalized spacial score (nSPS) is 17.8. The fraction of sp³-hybridized carbons (Fsp3) is 0.647. The van der Waals surface area contributed by atoms with Gasteiger partial charge >= 0.3 is 0 Å². The van der Waals surface area contributed by atoms with E-state index in [2.05, 4.69) is 30.3 Å². The van der Waals surface area contributed by atoms with Crippen LogP contribution in [0.1, 0.15) is 31.4 Å². The maximum absolute atomic E-state index is 5.51. The third-order valence-electron chi connectivity index (χ3n) is 4.55. The second-order valence-electron chi connectivity index (χ2n) is 5.92. The lowest BCUT2D eigenvalue weighted by Gasteiger charge is -2.32. The average Bonchev–Trinajstić information content (AvgIpc) is 2.54. The molecule has 0 spiro atoms. The Morgan fingerprint density at radius 1 is 1.24 bits per heavy atom. The average molecular weight is 292 g/mol. The van der Waals surface area contributed by atoms with Crippen molar-refractivity contribution in [3.63, 3.8) is 0 Å². The molecule has 1 saturated heterocycles. The standard InChI is InChI=1S/C17H28N2O2/c1-13(19(2)12-14-7-9-18-10-8-14)16-11-15(20-3)5-6-17(16)21-4/h5-6,11,13-14,18H,7-10,12H2,1-4H3. The zero-order valence-corrected chi connectivity index (χ0v) is 13.7. The Balaban J connectivity index is 2.08. The van der Waals surface area contributed by atoms with E-state index in [1.165, 1.54) is 18.4 Å². The first-order valence-electron chi connectivity index (χ1n) is 7.78. The molecule has 2 rings (SSSR count). The van der Waals surface area contributed by atoms with E-state index in [1.54, 1.807) is 14.2 Å². The number of hydrogen-bond donors (Lipinski definition) is 1. The van der Waals surface area contributed by atoms with Crippen LogP contribution in [0.4, 0.5) is 0 Å². The molecule has 1 aliphatic rings. The fourth-order valence-electron chi connectivity index (χ4n) is 3.03. The largest absolute Gasteiger partial charge is 0.497 e. The maximum Gasteiger partial charge on any atom is 0.123 e. The molecule has 118 valence electrons. The van der Waals surface area contributed by atoms with Crippen molar-refractivity contribution in [3.05, 3.63) is 23.8 Å². The first-order chi connectivity index (χ1) is 10.2. The van der Waals surface area contributed by atoms with Gasteiger partial charge in [-0.05, 0) is 64.0 Å². The molecule has 1 atom stereocenters. The van der Waals surface area contributed by atoms with Gasteiger partial charge in [-0.1, -0.05) is 0 Å². The van der Waals surface area contributed by atoms with Crippen LogP contribution in [0, 0.1) is 5.92 Å². The topological polar surface area (TPSA) is 33.7 Å². The first-order valence-corrected chi connectivity index (χ1v) is 7.78. The van der Waals surface area contributed by atoms with Gasteiger partial charge < -0.3 is 14.8 Å². The number of methoxy groups -OCH3 is 2. The molecule has 0 saturated carbocycles. The molecule has 0 bridgehead atoms. The summed E-state index contributed by atoms with van der Waals surface area (Å²) in [4.78, 5) is 2.42. The van der Waals surface area contributed by atoms with Crippen molar-refractivity contribution >= 4 is 0 Å². The Morgan fingerprint density at radius 2 is 1.95 bits per heavy atom. The van der Waals surface area contributed by atoms with Crippen LogP contribution in [0.25, 0.3) is 0 Å². The van der Waals surface area contributed by atoms with Gasteiger partial charge in [-0.25, -0.2) is 0 Å². The summed E-state index contributed by atoms with van der Waals surface area (Å²) in [6, 6.07) is 6.33. The molecule has 4 nitrogen and oxygen atoms in total. The smallest absolute Gasteiger partial charge is 0.123 e. The van der Waals surface area contributed by atoms with E-state index in [9.17, 15) is 0 Å². The van der Waals surface area contributed by atoms with Crippen LogP contribution in [-0.2, 0) is 0 Å². The summed E-state index contributed by atoms with van der Waals surface area (Å²) in [5.41, 5.74) is 1.19. The molecular weight excluding hydrogens is 264 g/mol. The SMILES string of the molecule is COc1ccc(OC)c(C(C)N(C)CC2CCNCC2)c1. The number of nitrogens with one attached hydrogen (secondary N) is 1. The van der Waals surface area contributed by atoms with Gasteiger partial charge in [0.2, 0.25) is 0 Å². The highest BCUT2D eigenvalue weighted by molar-refractivity contribution is 5.42. The lowest BCUT2D eigenvalue weighted by Crippen LogP contribution is -2.35. The van der Waals surface area contributed by atoms with Crippen LogP contribution in [-0.4, -0.2) is 45.8 Å². The first kappa shape index (κ1) is 16.1. The summed E-state index contributed by atoms with van der Waals surface area (Å²) in [6.07, 6.45) is 2.54. The van der Waals surface area contributed by atoms with Crippen LogP contribution in [0.5, 0.6) is 11.5 Å². The van der Waals surface area contributed by atoms with E-state index in [0.717, 1.165) is 37.1 Å². The molecule has 21 heavy (non-hydrogen) atoms. The highest BCUT2D eigenvalue weighted by Crippen LogP contribution is 2.32. The molecule has 4 heteroatoms. The Labute approximate surface area is 128 Å². The molecule has 1 aliphatic heterocycles. The lowest BCUT2D eigenvalue weighted by molar-refractivity contribution is 0.194. The van der Waals surface area contributed by atoms with Crippen molar-refractivity contribution in [2.24, 2.45) is 5.92 Å². The van der Waals surface area contributed by atoms with Crippen LogP contribution in [0.3, 0.4) is 0 Å². The van der Waals surface area contributed by atoms with Gasteiger partial charge in [-0.15, -0.1) is 0 Å². The molecule has 0 aliphatic carbocycles. The van der Waals surface area contributed by atoms with Crippen molar-refractivity contribution < 1.29 is 9.47 Å². The van der Waals surface area contributed by atoms with Gasteiger partial charge in [0.1, 0.15) is 11.5 Å². The number of rotatable bonds is 6. The van der Waals surface area contributed by atoms with Gasteiger partial charge in [-0.3, -0.25) is 4.90 Å². The van der Waals surface area contributed by atoms with E-state index in [0.29, 0.717) is 6.04 Å². The van der Waals surface area contributed by atoms with Crippen LogP contribution < -0.4 is 14.8 Å². The van der Waals surface area contributed by atoms with Crippen molar-refractivity contribution in [3.8, 4) is 11.5 Å². The summed E-state index contributed by atoms with van der Waals surface area (Å²) in [5, 5.41) is 3.43. The predicted molar refractivity (Wildman–Crippen MR) is 86.2 cm³/mol. The van der Waals surface area contributed by atoms with Gasteiger partial charge in [0.05, 0.1) is 14.2 Å². The molecular formula is C17H28N2O2. The summed E-state index contributed by atoms with van der Waals surface area (Å²) in [7, 11) is 5.63. The molecule has 1 aromatic rings. The highest BCUT2D eigenvalue weighted by atomic mass is 16.5. The molecule has 1 aromatic carbocycles. The van der Waals surface area contributed by atoms with E-state index in [4.69, 9.17) is 9.47 Å². The number of ether oxygens (including phenoxy) is 2. The Bertz CT molecular complexity index is 444. The second-order valence-corrected chi connectivity index (χ2v) is 5.92. The summed E-state index contributed by atoms with van der Waals surface area (Å²) in [5.74, 6) is 2.60. The Hall–Kier alpha value is -1.26. The van der Waals surface area contributed by atoms with E-state index in [-0.39, 0.29) is 0 Å². The van der Waals surface area contributed by atoms with Crippen molar-refractivity contribution in [2.75, 3.05) is 40.9 Å². The van der Waals surface area contributed by atoms with Gasteiger partial charge in [-0.2, -0.15) is 0 Å². The molecule has 0 amide bonds. The Kier molecular flexibility index (Phi) is 5.88.